The maximum atomic E-state index is 10.9. The quantitative estimate of drug-likeness (QED) is 0.611. The Morgan fingerprint density at radius 2 is 2.21 bits per heavy atom. The van der Waals surface area contributed by atoms with E-state index in [-0.39, 0.29) is 11.5 Å². The lowest BCUT2D eigenvalue weighted by Crippen LogP contribution is -1.99. The number of hydrogen-bond acceptors (Lipinski definition) is 4. The van der Waals surface area contributed by atoms with E-state index in [1.165, 1.54) is 12.1 Å². The summed E-state index contributed by atoms with van der Waals surface area (Å²) in [7, 11) is 1.88. The van der Waals surface area contributed by atoms with E-state index in [1.54, 1.807) is 13.0 Å². The maximum Gasteiger partial charge on any atom is 0.271 e. The minimum atomic E-state index is -0.427. The molecule has 100 valence electrons. The van der Waals surface area contributed by atoms with Crippen molar-refractivity contribution >= 4 is 22.5 Å². The van der Waals surface area contributed by atoms with Gasteiger partial charge >= 0.3 is 0 Å². The molecule has 0 saturated heterocycles. The first-order valence-electron chi connectivity index (χ1n) is 6.08. The fourth-order valence-corrected chi connectivity index (χ4v) is 2.07. The maximum absolute atomic E-state index is 10.9. The van der Waals surface area contributed by atoms with Crippen LogP contribution in [-0.4, -0.2) is 20.3 Å². The molecular formula is C13H15N3O3. The number of Topliss-reactive ketones (excluding diaryl/α,β-unsaturated/α-hetero) is 1. The van der Waals surface area contributed by atoms with Crippen LogP contribution in [0.4, 0.5) is 5.69 Å². The molecule has 0 radical (unpaired) electrons. The van der Waals surface area contributed by atoms with Crippen LogP contribution < -0.4 is 0 Å². The monoisotopic (exact) mass is 261 g/mol. The molecule has 0 aliphatic heterocycles. The number of hydrogen-bond donors (Lipinski definition) is 0. The number of carbonyl (C=O) groups is 1. The van der Waals surface area contributed by atoms with Crippen LogP contribution in [-0.2, 0) is 18.3 Å². The van der Waals surface area contributed by atoms with Crippen LogP contribution in [0.5, 0.6) is 0 Å². The smallest absolute Gasteiger partial charge is 0.271 e. The first-order chi connectivity index (χ1) is 8.99. The molecule has 0 spiro atoms. The zero-order valence-electron chi connectivity index (χ0n) is 10.9. The molecule has 2 rings (SSSR count). The normalized spacial score (nSPS) is 10.8. The number of aromatic nitrogens is 2. The van der Waals surface area contributed by atoms with Crippen LogP contribution in [0.15, 0.2) is 18.2 Å². The summed E-state index contributed by atoms with van der Waals surface area (Å²) in [6.07, 6.45) is 1.97. The Bertz CT molecular complexity index is 646. The zero-order valence-corrected chi connectivity index (χ0v) is 10.9. The van der Waals surface area contributed by atoms with E-state index in [1.807, 2.05) is 11.6 Å². The van der Waals surface area contributed by atoms with E-state index < -0.39 is 4.92 Å². The van der Waals surface area contributed by atoms with Crippen molar-refractivity contribution in [1.82, 2.24) is 9.55 Å². The number of nitrogens with zero attached hydrogens (tertiary/aromatic N) is 3. The van der Waals surface area contributed by atoms with Gasteiger partial charge in [-0.25, -0.2) is 4.98 Å². The van der Waals surface area contributed by atoms with Crippen LogP contribution in [0, 0.1) is 10.1 Å². The number of nitro benzene ring substituents is 1. The van der Waals surface area contributed by atoms with Crippen molar-refractivity contribution in [3.8, 4) is 0 Å². The van der Waals surface area contributed by atoms with Crippen LogP contribution in [0.2, 0.25) is 0 Å². The third kappa shape index (κ3) is 2.78. The lowest BCUT2D eigenvalue weighted by molar-refractivity contribution is -0.384. The molecule has 0 unspecified atom stereocenters. The van der Waals surface area contributed by atoms with Gasteiger partial charge in [-0.2, -0.15) is 0 Å². The number of rotatable bonds is 5. The zero-order chi connectivity index (χ0) is 14.0. The molecule has 0 N–H and O–H groups in total. The van der Waals surface area contributed by atoms with Crippen molar-refractivity contribution in [1.29, 1.82) is 0 Å². The highest BCUT2D eigenvalue weighted by Gasteiger charge is 2.12. The number of non-ortho nitro benzene ring substituents is 1. The topological polar surface area (TPSA) is 78.0 Å². The minimum Gasteiger partial charge on any atom is -0.331 e. The molecular weight excluding hydrogens is 246 g/mol. The number of imidazole rings is 1. The SMILES string of the molecule is CC(=O)CCCc1nc2cc([N+](=O)[O-])ccc2n1C. The standard InChI is InChI=1S/C13H15N3O3/c1-9(17)4-3-5-13-14-11-8-10(16(18)19)6-7-12(11)15(13)2/h6-8H,3-5H2,1-2H3. The molecule has 0 aliphatic rings. The first kappa shape index (κ1) is 13.2. The van der Waals surface area contributed by atoms with Crippen LogP contribution in [0.1, 0.15) is 25.6 Å². The number of ketones is 1. The summed E-state index contributed by atoms with van der Waals surface area (Å²) in [5.41, 5.74) is 1.53. The number of carbonyl (C=O) groups excluding carboxylic acids is 1. The second kappa shape index (κ2) is 5.17. The Balaban J connectivity index is 2.28. The lowest BCUT2D eigenvalue weighted by Gasteiger charge is -2.01. The van der Waals surface area contributed by atoms with Gasteiger partial charge in [0.25, 0.3) is 5.69 Å². The summed E-state index contributed by atoms with van der Waals surface area (Å²) in [5, 5.41) is 10.7. The van der Waals surface area contributed by atoms with Crippen molar-refractivity contribution in [2.75, 3.05) is 0 Å². The molecule has 0 fully saturated rings. The van der Waals surface area contributed by atoms with E-state index in [2.05, 4.69) is 4.98 Å². The summed E-state index contributed by atoms with van der Waals surface area (Å²) < 4.78 is 1.92. The van der Waals surface area contributed by atoms with Crippen molar-refractivity contribution in [3.63, 3.8) is 0 Å². The van der Waals surface area contributed by atoms with Gasteiger partial charge in [-0.3, -0.25) is 10.1 Å². The van der Waals surface area contributed by atoms with Gasteiger partial charge in [0.2, 0.25) is 0 Å². The van der Waals surface area contributed by atoms with Crippen molar-refractivity contribution in [3.05, 3.63) is 34.1 Å². The molecule has 6 nitrogen and oxygen atoms in total. The Morgan fingerprint density at radius 3 is 2.84 bits per heavy atom. The molecule has 1 aromatic carbocycles. The van der Waals surface area contributed by atoms with Crippen LogP contribution in [0.25, 0.3) is 11.0 Å². The summed E-state index contributed by atoms with van der Waals surface area (Å²) in [5.74, 6) is 1.01. The molecule has 1 aromatic heterocycles. The van der Waals surface area contributed by atoms with Gasteiger partial charge in [-0.15, -0.1) is 0 Å². The molecule has 0 saturated carbocycles. The molecule has 2 aromatic rings. The van der Waals surface area contributed by atoms with Gasteiger partial charge in [0.05, 0.1) is 16.0 Å². The third-order valence-corrected chi connectivity index (χ3v) is 3.10. The van der Waals surface area contributed by atoms with Crippen molar-refractivity contribution in [2.24, 2.45) is 7.05 Å². The number of benzene rings is 1. The first-order valence-corrected chi connectivity index (χ1v) is 6.08. The van der Waals surface area contributed by atoms with Crippen LogP contribution in [0.3, 0.4) is 0 Å². The highest BCUT2D eigenvalue weighted by atomic mass is 16.6. The summed E-state index contributed by atoms with van der Waals surface area (Å²) >= 11 is 0. The van der Waals surface area contributed by atoms with Crippen LogP contribution >= 0.6 is 0 Å². The summed E-state index contributed by atoms with van der Waals surface area (Å²) in [6.45, 7) is 1.57. The molecule has 6 heteroatoms. The Kier molecular flexibility index (Phi) is 3.59. The van der Waals surface area contributed by atoms with Gasteiger partial charge in [-0.1, -0.05) is 0 Å². The predicted molar refractivity (Wildman–Crippen MR) is 71.0 cm³/mol. The molecule has 19 heavy (non-hydrogen) atoms. The largest absolute Gasteiger partial charge is 0.331 e. The van der Waals surface area contributed by atoms with E-state index in [0.717, 1.165) is 17.8 Å². The van der Waals surface area contributed by atoms with E-state index in [0.29, 0.717) is 18.4 Å². The van der Waals surface area contributed by atoms with Gasteiger partial charge in [0, 0.05) is 32.0 Å². The van der Waals surface area contributed by atoms with Gasteiger partial charge in [-0.05, 0) is 19.4 Å². The molecule has 0 atom stereocenters. The van der Waals surface area contributed by atoms with Crippen molar-refractivity contribution in [2.45, 2.75) is 26.2 Å². The highest BCUT2D eigenvalue weighted by Crippen LogP contribution is 2.21. The number of aryl methyl sites for hydroxylation is 2. The minimum absolute atomic E-state index is 0.0425. The Hall–Kier alpha value is -2.24. The Morgan fingerprint density at radius 1 is 1.47 bits per heavy atom. The average Bonchev–Trinajstić information content (AvgIpc) is 2.65. The molecule has 0 bridgehead atoms. The number of nitro groups is 1. The van der Waals surface area contributed by atoms with E-state index in [4.69, 9.17) is 0 Å². The Labute approximate surface area is 110 Å². The van der Waals surface area contributed by atoms with Gasteiger partial charge in [0.15, 0.2) is 0 Å². The average molecular weight is 261 g/mol. The van der Waals surface area contributed by atoms with Crippen molar-refractivity contribution < 1.29 is 9.72 Å². The summed E-state index contributed by atoms with van der Waals surface area (Å²) in [6, 6.07) is 4.65. The highest BCUT2D eigenvalue weighted by molar-refractivity contribution is 5.78. The second-order valence-corrected chi connectivity index (χ2v) is 4.57. The molecule has 0 aliphatic carbocycles. The number of fused-ring (bicyclic) bond motifs is 1. The van der Waals surface area contributed by atoms with Gasteiger partial charge < -0.3 is 9.36 Å². The predicted octanol–water partition coefficient (Wildman–Crippen LogP) is 2.39. The van der Waals surface area contributed by atoms with E-state index >= 15 is 0 Å². The fourth-order valence-electron chi connectivity index (χ4n) is 2.07. The summed E-state index contributed by atoms with van der Waals surface area (Å²) in [4.78, 5) is 25.6. The molecule has 1 heterocycles. The lowest BCUT2D eigenvalue weighted by atomic mass is 10.2. The third-order valence-electron chi connectivity index (χ3n) is 3.10. The van der Waals surface area contributed by atoms with E-state index in [9.17, 15) is 14.9 Å². The molecule has 0 amide bonds. The fraction of sp³-hybridized carbons (Fsp3) is 0.385. The second-order valence-electron chi connectivity index (χ2n) is 4.57. The van der Waals surface area contributed by atoms with Gasteiger partial charge in [0.1, 0.15) is 11.6 Å².